The molecule has 2 fully saturated rings. The zero-order valence-corrected chi connectivity index (χ0v) is 12.0. The van der Waals surface area contributed by atoms with Crippen molar-refractivity contribution in [3.63, 3.8) is 0 Å². The molecule has 2 aliphatic rings. The summed E-state index contributed by atoms with van der Waals surface area (Å²) in [5, 5.41) is 6.97. The summed E-state index contributed by atoms with van der Waals surface area (Å²) in [6, 6.07) is 3.75. The van der Waals surface area contributed by atoms with E-state index < -0.39 is 11.6 Å². The number of carbonyl (C=O) groups is 1. The molecule has 2 heterocycles. The summed E-state index contributed by atoms with van der Waals surface area (Å²) in [6.45, 7) is 1.72. The van der Waals surface area contributed by atoms with Gasteiger partial charge in [-0.3, -0.25) is 4.79 Å². The number of halogens is 2. The van der Waals surface area contributed by atoms with Crippen molar-refractivity contribution in [1.29, 1.82) is 0 Å². The number of carbonyl (C=O) groups excluding carboxylic acids is 1. The van der Waals surface area contributed by atoms with Crippen molar-refractivity contribution in [3.05, 3.63) is 35.5 Å². The van der Waals surface area contributed by atoms with Gasteiger partial charge in [0, 0.05) is 30.1 Å². The number of nitrogens with one attached hydrogen (secondary N) is 3. The molecule has 1 aromatic carbocycles. The Morgan fingerprint density at radius 1 is 1.27 bits per heavy atom. The Morgan fingerprint density at radius 2 is 2.09 bits per heavy atom. The lowest BCUT2D eigenvalue weighted by atomic mass is 9.90. The van der Waals surface area contributed by atoms with Crippen molar-refractivity contribution < 1.29 is 13.6 Å². The van der Waals surface area contributed by atoms with Crippen LogP contribution in [0.4, 0.5) is 8.78 Å². The number of aromatic nitrogens is 1. The molecule has 1 saturated carbocycles. The first kappa shape index (κ1) is 13.7. The number of rotatable bonds is 2. The van der Waals surface area contributed by atoms with E-state index in [1.165, 1.54) is 0 Å². The Balaban J connectivity index is 1.63. The SMILES string of the molecule is O=C(N[C@]12CCC[C@H]1CNC2)c1cc2cc(F)c(F)cc2[nH]1. The monoisotopic (exact) mass is 305 g/mol. The molecule has 2 aromatic rings. The minimum absolute atomic E-state index is 0.176. The molecule has 1 aliphatic carbocycles. The van der Waals surface area contributed by atoms with Crippen molar-refractivity contribution in [2.24, 2.45) is 5.92 Å². The summed E-state index contributed by atoms with van der Waals surface area (Å²) in [7, 11) is 0. The maximum atomic E-state index is 13.3. The van der Waals surface area contributed by atoms with E-state index in [2.05, 4.69) is 15.6 Å². The molecule has 1 amide bonds. The second-order valence-corrected chi connectivity index (χ2v) is 6.37. The number of fused-ring (bicyclic) bond motifs is 2. The van der Waals surface area contributed by atoms with E-state index in [0.29, 0.717) is 22.5 Å². The number of H-pyrrole nitrogens is 1. The molecule has 0 unspecified atom stereocenters. The van der Waals surface area contributed by atoms with Crippen LogP contribution in [0.5, 0.6) is 0 Å². The van der Waals surface area contributed by atoms with E-state index in [4.69, 9.17) is 0 Å². The van der Waals surface area contributed by atoms with Gasteiger partial charge in [-0.05, 0) is 30.9 Å². The van der Waals surface area contributed by atoms with Gasteiger partial charge in [-0.15, -0.1) is 0 Å². The highest BCUT2D eigenvalue weighted by Crippen LogP contribution is 2.38. The highest BCUT2D eigenvalue weighted by atomic mass is 19.2. The van der Waals surface area contributed by atoms with Crippen LogP contribution < -0.4 is 10.6 Å². The van der Waals surface area contributed by atoms with E-state index in [0.717, 1.165) is 44.5 Å². The normalized spacial score (nSPS) is 27.3. The Hall–Kier alpha value is -1.95. The van der Waals surface area contributed by atoms with Crippen molar-refractivity contribution in [2.75, 3.05) is 13.1 Å². The molecule has 6 heteroatoms. The standard InChI is InChI=1S/C16H17F2N3O/c17-11-4-9-5-14(20-13(9)6-12(11)18)15(22)21-16-3-1-2-10(16)7-19-8-16/h4-6,10,19-20H,1-3,7-8H2,(H,21,22)/t10-,16-/m0/s1. The second kappa shape index (κ2) is 4.78. The Bertz CT molecular complexity index is 706. The number of hydrogen-bond donors (Lipinski definition) is 3. The maximum Gasteiger partial charge on any atom is 0.268 e. The molecule has 22 heavy (non-hydrogen) atoms. The van der Waals surface area contributed by atoms with Crippen LogP contribution >= 0.6 is 0 Å². The molecule has 0 bridgehead atoms. The fraction of sp³-hybridized carbons (Fsp3) is 0.438. The van der Waals surface area contributed by atoms with E-state index in [9.17, 15) is 13.6 Å². The van der Waals surface area contributed by atoms with Gasteiger partial charge in [0.25, 0.3) is 5.91 Å². The minimum Gasteiger partial charge on any atom is -0.350 e. The highest BCUT2D eigenvalue weighted by Gasteiger charge is 2.47. The van der Waals surface area contributed by atoms with Crippen LogP contribution in [-0.4, -0.2) is 29.5 Å². The molecule has 0 spiro atoms. The Morgan fingerprint density at radius 3 is 2.95 bits per heavy atom. The smallest absolute Gasteiger partial charge is 0.268 e. The van der Waals surface area contributed by atoms with Crippen LogP contribution in [-0.2, 0) is 0 Å². The van der Waals surface area contributed by atoms with Crippen LogP contribution in [0.1, 0.15) is 29.8 Å². The summed E-state index contributed by atoms with van der Waals surface area (Å²) in [6.07, 6.45) is 3.21. The van der Waals surface area contributed by atoms with Crippen LogP contribution in [0.15, 0.2) is 18.2 Å². The van der Waals surface area contributed by atoms with Crippen LogP contribution in [0, 0.1) is 17.6 Å². The van der Waals surface area contributed by atoms with Crippen molar-refractivity contribution in [3.8, 4) is 0 Å². The van der Waals surface area contributed by atoms with E-state index >= 15 is 0 Å². The largest absolute Gasteiger partial charge is 0.350 e. The molecule has 1 aliphatic heterocycles. The molecule has 4 rings (SSSR count). The summed E-state index contributed by atoms with van der Waals surface area (Å²) >= 11 is 0. The van der Waals surface area contributed by atoms with E-state index in [1.54, 1.807) is 6.07 Å². The predicted octanol–water partition coefficient (Wildman–Crippen LogP) is 2.32. The van der Waals surface area contributed by atoms with Gasteiger partial charge in [-0.1, -0.05) is 6.42 Å². The van der Waals surface area contributed by atoms with Gasteiger partial charge >= 0.3 is 0 Å². The Labute approximate surface area is 126 Å². The fourth-order valence-corrected chi connectivity index (χ4v) is 3.90. The average molecular weight is 305 g/mol. The molecule has 1 aromatic heterocycles. The van der Waals surface area contributed by atoms with Crippen molar-refractivity contribution >= 4 is 16.8 Å². The number of amides is 1. The first-order chi connectivity index (χ1) is 10.6. The molecular formula is C16H17F2N3O. The van der Waals surface area contributed by atoms with Crippen LogP contribution in [0.3, 0.4) is 0 Å². The van der Waals surface area contributed by atoms with Gasteiger partial charge in [-0.25, -0.2) is 8.78 Å². The first-order valence-corrected chi connectivity index (χ1v) is 7.58. The summed E-state index contributed by atoms with van der Waals surface area (Å²) < 4.78 is 26.5. The number of hydrogen-bond acceptors (Lipinski definition) is 2. The average Bonchev–Trinajstić information content (AvgIpc) is 3.12. The molecule has 1 saturated heterocycles. The van der Waals surface area contributed by atoms with Crippen LogP contribution in [0.25, 0.3) is 10.9 Å². The van der Waals surface area contributed by atoms with Gasteiger partial charge in [0.15, 0.2) is 11.6 Å². The first-order valence-electron chi connectivity index (χ1n) is 7.58. The topological polar surface area (TPSA) is 56.9 Å². The Kier molecular flexibility index (Phi) is 2.97. The van der Waals surface area contributed by atoms with Crippen molar-refractivity contribution in [1.82, 2.24) is 15.6 Å². The van der Waals surface area contributed by atoms with E-state index in [-0.39, 0.29) is 11.4 Å². The van der Waals surface area contributed by atoms with Gasteiger partial charge in [0.2, 0.25) is 0 Å². The van der Waals surface area contributed by atoms with Gasteiger partial charge in [0.05, 0.1) is 5.54 Å². The number of aromatic amines is 1. The zero-order valence-electron chi connectivity index (χ0n) is 12.0. The summed E-state index contributed by atoms with van der Waals surface area (Å²) in [4.78, 5) is 15.4. The molecule has 4 nitrogen and oxygen atoms in total. The molecule has 116 valence electrons. The van der Waals surface area contributed by atoms with E-state index in [1.807, 2.05) is 0 Å². The van der Waals surface area contributed by atoms with Crippen molar-refractivity contribution in [2.45, 2.75) is 24.8 Å². The zero-order chi connectivity index (χ0) is 15.3. The third-order valence-electron chi connectivity index (χ3n) is 5.06. The third-order valence-corrected chi connectivity index (χ3v) is 5.06. The van der Waals surface area contributed by atoms with Crippen LogP contribution in [0.2, 0.25) is 0 Å². The second-order valence-electron chi connectivity index (χ2n) is 6.37. The lowest BCUT2D eigenvalue weighted by molar-refractivity contribution is 0.0889. The predicted molar refractivity (Wildman–Crippen MR) is 78.6 cm³/mol. The summed E-state index contributed by atoms with van der Waals surface area (Å²) in [5.74, 6) is -1.58. The third kappa shape index (κ3) is 2.01. The lowest BCUT2D eigenvalue weighted by Crippen LogP contribution is -2.51. The summed E-state index contributed by atoms with van der Waals surface area (Å²) in [5.41, 5.74) is 0.589. The maximum absolute atomic E-state index is 13.3. The van der Waals surface area contributed by atoms with Gasteiger partial charge < -0.3 is 15.6 Å². The fourth-order valence-electron chi connectivity index (χ4n) is 3.90. The number of benzene rings is 1. The molecule has 0 radical (unpaired) electrons. The minimum atomic E-state index is -0.921. The lowest BCUT2D eigenvalue weighted by Gasteiger charge is -2.29. The molecule has 3 N–H and O–H groups in total. The molecule has 2 atom stereocenters. The quantitative estimate of drug-likeness (QED) is 0.797. The highest BCUT2D eigenvalue weighted by molar-refractivity contribution is 5.98. The van der Waals surface area contributed by atoms with Gasteiger partial charge in [-0.2, -0.15) is 0 Å². The molecular weight excluding hydrogens is 288 g/mol. The van der Waals surface area contributed by atoms with Gasteiger partial charge in [0.1, 0.15) is 5.69 Å².